The molecule has 0 aliphatic heterocycles. The predicted molar refractivity (Wildman–Crippen MR) is 96.5 cm³/mol. The number of aromatic nitrogens is 3. The highest BCUT2D eigenvalue weighted by Gasteiger charge is 2.34. The molecule has 0 bridgehead atoms. The molecule has 1 atom stereocenters. The van der Waals surface area contributed by atoms with Gasteiger partial charge in [-0.2, -0.15) is 13.2 Å². The molecule has 0 fully saturated rings. The maximum absolute atomic E-state index is 13.2. The number of nitrogens with zero attached hydrogens (tertiary/aromatic N) is 3. The molecule has 0 spiro atoms. The summed E-state index contributed by atoms with van der Waals surface area (Å²) in [7, 11) is 0. The topological polar surface area (TPSA) is 76.9 Å². The second-order valence-electron chi connectivity index (χ2n) is 6.45. The van der Waals surface area contributed by atoms with Crippen molar-refractivity contribution >= 4 is 16.8 Å². The summed E-state index contributed by atoms with van der Waals surface area (Å²) in [5, 5.41) is 9.32. The fourth-order valence-corrected chi connectivity index (χ4v) is 2.82. The smallest absolute Gasteiger partial charge is 0.348 e. The highest BCUT2D eigenvalue weighted by Crippen LogP contribution is 2.32. The first-order chi connectivity index (χ1) is 13.2. The van der Waals surface area contributed by atoms with Gasteiger partial charge < -0.3 is 5.32 Å². The Kier molecular flexibility index (Phi) is 5.17. The molecule has 3 rings (SSSR count). The molecule has 0 saturated heterocycles. The third-order valence-corrected chi connectivity index (χ3v) is 4.30. The van der Waals surface area contributed by atoms with E-state index in [1.165, 1.54) is 6.07 Å². The van der Waals surface area contributed by atoms with Crippen molar-refractivity contribution in [3.63, 3.8) is 0 Å². The summed E-state index contributed by atoms with van der Waals surface area (Å²) in [6.45, 7) is 3.16. The Morgan fingerprint density at radius 3 is 2.50 bits per heavy atom. The van der Waals surface area contributed by atoms with Gasteiger partial charge in [0.05, 0.1) is 17.0 Å². The lowest BCUT2D eigenvalue weighted by molar-refractivity contribution is -0.136. The number of carbonyl (C=O) groups is 1. The molecular formula is C19H17F3N4O2. The average molecular weight is 390 g/mol. The summed E-state index contributed by atoms with van der Waals surface area (Å²) in [5.41, 5.74) is -0.372. The van der Waals surface area contributed by atoms with E-state index in [4.69, 9.17) is 0 Å². The van der Waals surface area contributed by atoms with E-state index in [0.717, 1.165) is 23.3 Å². The van der Waals surface area contributed by atoms with Crippen LogP contribution < -0.4 is 10.9 Å². The minimum Gasteiger partial charge on any atom is -0.348 e. The second kappa shape index (κ2) is 7.41. The fraction of sp³-hybridized carbons (Fsp3) is 0.263. The van der Waals surface area contributed by atoms with Crippen molar-refractivity contribution in [2.45, 2.75) is 32.6 Å². The number of nitrogens with one attached hydrogen (secondary N) is 1. The summed E-state index contributed by atoms with van der Waals surface area (Å²) in [4.78, 5) is 24.8. The number of hydrogen-bond acceptors (Lipinski definition) is 4. The number of fused-ring (bicyclic) bond motifs is 1. The van der Waals surface area contributed by atoms with Gasteiger partial charge in [-0.1, -0.05) is 41.1 Å². The highest BCUT2D eigenvalue weighted by atomic mass is 19.4. The van der Waals surface area contributed by atoms with E-state index >= 15 is 0 Å². The van der Waals surface area contributed by atoms with Crippen LogP contribution in [-0.4, -0.2) is 20.9 Å². The van der Waals surface area contributed by atoms with Crippen LogP contribution in [-0.2, 0) is 17.5 Å². The Morgan fingerprint density at radius 2 is 1.86 bits per heavy atom. The van der Waals surface area contributed by atoms with E-state index in [2.05, 4.69) is 15.6 Å². The third kappa shape index (κ3) is 4.03. The molecule has 9 heteroatoms. The number of rotatable bonds is 4. The van der Waals surface area contributed by atoms with Crippen LogP contribution in [0.15, 0.2) is 47.3 Å². The highest BCUT2D eigenvalue weighted by molar-refractivity contribution is 5.82. The molecule has 0 aliphatic carbocycles. The van der Waals surface area contributed by atoms with Crippen molar-refractivity contribution < 1.29 is 18.0 Å². The number of benzene rings is 2. The van der Waals surface area contributed by atoms with E-state index in [1.54, 1.807) is 6.92 Å². The predicted octanol–water partition coefficient (Wildman–Crippen LogP) is 3.00. The van der Waals surface area contributed by atoms with Gasteiger partial charge >= 0.3 is 6.18 Å². The van der Waals surface area contributed by atoms with E-state index < -0.39 is 35.1 Å². The standard InChI is InChI=1S/C19H17F3N4O2/c1-11-6-8-13(9-7-11)12(2)23-16(27)10-26-18(28)17-14(19(20,21)22)4-3-5-15(17)24-25-26/h3-9,12H,10H2,1-2H3,(H,23,27). The Labute approximate surface area is 158 Å². The molecule has 1 N–H and O–H groups in total. The van der Waals surface area contributed by atoms with Gasteiger partial charge in [-0.05, 0) is 31.5 Å². The molecule has 28 heavy (non-hydrogen) atoms. The fourth-order valence-electron chi connectivity index (χ4n) is 2.82. The molecule has 1 aromatic heterocycles. The van der Waals surface area contributed by atoms with Gasteiger partial charge in [-0.25, -0.2) is 4.68 Å². The number of alkyl halides is 3. The number of halogens is 3. The monoisotopic (exact) mass is 390 g/mol. The van der Waals surface area contributed by atoms with Crippen molar-refractivity contribution in [1.29, 1.82) is 0 Å². The Bertz CT molecular complexity index is 1080. The first-order valence-electron chi connectivity index (χ1n) is 8.46. The molecule has 1 amide bonds. The van der Waals surface area contributed by atoms with Gasteiger partial charge in [0.15, 0.2) is 0 Å². The largest absolute Gasteiger partial charge is 0.417 e. The molecule has 6 nitrogen and oxygen atoms in total. The van der Waals surface area contributed by atoms with Gasteiger partial charge in [-0.3, -0.25) is 9.59 Å². The quantitative estimate of drug-likeness (QED) is 0.743. The normalized spacial score (nSPS) is 12.8. The SMILES string of the molecule is Cc1ccc(C(C)NC(=O)Cn2nnc3cccc(C(F)(F)F)c3c2=O)cc1. The van der Waals surface area contributed by atoms with Crippen LogP contribution >= 0.6 is 0 Å². The zero-order valence-corrected chi connectivity index (χ0v) is 15.1. The van der Waals surface area contributed by atoms with Crippen LogP contribution in [0.5, 0.6) is 0 Å². The van der Waals surface area contributed by atoms with Crippen LogP contribution in [0.25, 0.3) is 10.9 Å². The van der Waals surface area contributed by atoms with E-state index in [0.29, 0.717) is 4.68 Å². The van der Waals surface area contributed by atoms with Crippen LogP contribution in [0.4, 0.5) is 13.2 Å². The number of hydrogen-bond donors (Lipinski definition) is 1. The van der Waals surface area contributed by atoms with Crippen molar-refractivity contribution in [2.75, 3.05) is 0 Å². The average Bonchev–Trinajstić information content (AvgIpc) is 2.63. The van der Waals surface area contributed by atoms with E-state index in [9.17, 15) is 22.8 Å². The lowest BCUT2D eigenvalue weighted by Gasteiger charge is -2.15. The Morgan fingerprint density at radius 1 is 1.18 bits per heavy atom. The molecule has 2 aromatic carbocycles. The minimum absolute atomic E-state index is 0.176. The second-order valence-corrected chi connectivity index (χ2v) is 6.45. The summed E-state index contributed by atoms with van der Waals surface area (Å²) >= 11 is 0. The summed E-state index contributed by atoms with van der Waals surface area (Å²) in [5.74, 6) is -0.562. The number of aryl methyl sites for hydroxylation is 1. The van der Waals surface area contributed by atoms with Gasteiger partial charge in [0.2, 0.25) is 5.91 Å². The molecular weight excluding hydrogens is 373 g/mol. The molecule has 146 valence electrons. The first kappa shape index (κ1) is 19.5. The molecule has 1 heterocycles. The van der Waals surface area contributed by atoms with Gasteiger partial charge in [0, 0.05) is 0 Å². The maximum atomic E-state index is 13.2. The van der Waals surface area contributed by atoms with Crippen LogP contribution in [0.3, 0.4) is 0 Å². The van der Waals surface area contributed by atoms with Crippen LogP contribution in [0, 0.1) is 6.92 Å². The molecule has 3 aromatic rings. The lowest BCUT2D eigenvalue weighted by atomic mass is 10.1. The molecule has 1 unspecified atom stereocenters. The summed E-state index contributed by atoms with van der Waals surface area (Å²) in [6, 6.07) is 10.4. The van der Waals surface area contributed by atoms with Crippen molar-refractivity contribution in [2.24, 2.45) is 0 Å². The molecule has 0 saturated carbocycles. The third-order valence-electron chi connectivity index (χ3n) is 4.30. The van der Waals surface area contributed by atoms with E-state index in [1.807, 2.05) is 31.2 Å². The first-order valence-corrected chi connectivity index (χ1v) is 8.46. The minimum atomic E-state index is -4.72. The number of carbonyl (C=O) groups excluding carboxylic acids is 1. The van der Waals surface area contributed by atoms with Gasteiger partial charge in [0.1, 0.15) is 12.1 Å². The van der Waals surface area contributed by atoms with E-state index in [-0.39, 0.29) is 11.6 Å². The summed E-state index contributed by atoms with van der Waals surface area (Å²) in [6.07, 6.45) is -4.72. The van der Waals surface area contributed by atoms with Gasteiger partial charge in [0.25, 0.3) is 5.56 Å². The van der Waals surface area contributed by atoms with Crippen LogP contribution in [0.2, 0.25) is 0 Å². The lowest BCUT2D eigenvalue weighted by Crippen LogP contribution is -2.36. The summed E-state index contributed by atoms with van der Waals surface area (Å²) < 4.78 is 40.2. The Balaban J connectivity index is 1.86. The van der Waals surface area contributed by atoms with Crippen molar-refractivity contribution in [3.05, 3.63) is 69.5 Å². The zero-order valence-electron chi connectivity index (χ0n) is 15.1. The maximum Gasteiger partial charge on any atom is 0.417 e. The van der Waals surface area contributed by atoms with Crippen molar-refractivity contribution in [1.82, 2.24) is 20.3 Å². The Hall–Kier alpha value is -3.23. The molecule has 0 aliphatic rings. The number of amides is 1. The van der Waals surface area contributed by atoms with Crippen molar-refractivity contribution in [3.8, 4) is 0 Å². The van der Waals surface area contributed by atoms with Gasteiger partial charge in [-0.15, -0.1) is 5.10 Å². The molecule has 0 radical (unpaired) electrons. The zero-order chi connectivity index (χ0) is 20.5. The van der Waals surface area contributed by atoms with Crippen LogP contribution in [0.1, 0.15) is 29.7 Å².